The van der Waals surface area contributed by atoms with E-state index >= 15 is 0 Å². The predicted octanol–water partition coefficient (Wildman–Crippen LogP) is 1.96. The van der Waals surface area contributed by atoms with Crippen LogP contribution in [0.1, 0.15) is 25.8 Å². The number of rotatable bonds is 2. The van der Waals surface area contributed by atoms with Gasteiger partial charge in [-0.1, -0.05) is 25.4 Å². The minimum Gasteiger partial charge on any atom is -0.327 e. The number of piperidine rings is 1. The van der Waals surface area contributed by atoms with Crippen LogP contribution >= 0.6 is 11.6 Å². The number of nitrogens with two attached hydrogens (primary N) is 1. The van der Waals surface area contributed by atoms with Crippen molar-refractivity contribution in [2.75, 3.05) is 13.1 Å². The van der Waals surface area contributed by atoms with Crippen LogP contribution in [0.15, 0.2) is 23.1 Å². The third-order valence-electron chi connectivity index (χ3n) is 3.97. The summed E-state index contributed by atoms with van der Waals surface area (Å²) in [7, 11) is -3.64. The molecule has 1 atom stereocenters. The molecule has 1 saturated heterocycles. The van der Waals surface area contributed by atoms with Gasteiger partial charge in [0.05, 0.1) is 15.5 Å². The second kappa shape index (κ2) is 5.58. The number of halogens is 1. The molecule has 1 unspecified atom stereocenters. The zero-order chi connectivity index (χ0) is 15.8. The van der Waals surface area contributed by atoms with Crippen LogP contribution in [-0.2, 0) is 10.0 Å². The van der Waals surface area contributed by atoms with Crippen LogP contribution in [-0.4, -0.2) is 31.9 Å². The normalized spacial score (nSPS) is 22.7. The lowest BCUT2D eigenvalue weighted by molar-refractivity contribution is 0.155. The molecule has 0 saturated carbocycles. The van der Waals surface area contributed by atoms with Crippen molar-refractivity contribution in [3.05, 3.63) is 28.8 Å². The maximum Gasteiger partial charge on any atom is 0.243 e. The van der Waals surface area contributed by atoms with Gasteiger partial charge in [0.25, 0.3) is 0 Å². The average Bonchev–Trinajstić information content (AvgIpc) is 2.42. The number of benzene rings is 1. The van der Waals surface area contributed by atoms with Gasteiger partial charge < -0.3 is 5.73 Å². The summed E-state index contributed by atoms with van der Waals surface area (Å²) in [5.74, 6) is 0. The van der Waals surface area contributed by atoms with Crippen LogP contribution in [0.4, 0.5) is 0 Å². The van der Waals surface area contributed by atoms with E-state index in [0.717, 1.165) is 0 Å². The Morgan fingerprint density at radius 2 is 2.14 bits per heavy atom. The molecule has 0 amide bonds. The number of nitrogens with zero attached hydrogens (tertiary/aromatic N) is 2. The molecule has 1 aromatic carbocycles. The minimum absolute atomic E-state index is 0.0242. The quantitative estimate of drug-likeness (QED) is 0.899. The van der Waals surface area contributed by atoms with E-state index in [1.807, 2.05) is 19.9 Å². The summed E-state index contributed by atoms with van der Waals surface area (Å²) in [5, 5.41) is 9.22. The zero-order valence-corrected chi connectivity index (χ0v) is 13.6. The standard InChI is InChI=1S/C14H18ClN3O2S/c1-14(2)9-18(6-5-13(14)17)21(19,20)11-3-4-12(15)10(7-11)8-16/h3-4,7,13H,5-6,9,17H2,1-2H3. The Morgan fingerprint density at radius 3 is 2.71 bits per heavy atom. The lowest BCUT2D eigenvalue weighted by Crippen LogP contribution is -2.53. The summed E-state index contributed by atoms with van der Waals surface area (Å²) in [6.07, 6.45) is 0.616. The van der Waals surface area contributed by atoms with Gasteiger partial charge in [-0.15, -0.1) is 0 Å². The summed E-state index contributed by atoms with van der Waals surface area (Å²) in [5.41, 5.74) is 5.92. The fourth-order valence-corrected chi connectivity index (χ4v) is 4.24. The van der Waals surface area contributed by atoms with Gasteiger partial charge in [0.1, 0.15) is 6.07 Å². The summed E-state index contributed by atoms with van der Waals surface area (Å²) in [6, 6.07) is 6.06. The van der Waals surface area contributed by atoms with E-state index in [4.69, 9.17) is 22.6 Å². The Balaban J connectivity index is 2.37. The van der Waals surface area contributed by atoms with Crippen molar-refractivity contribution < 1.29 is 8.42 Å². The molecule has 0 spiro atoms. The van der Waals surface area contributed by atoms with Crippen molar-refractivity contribution >= 4 is 21.6 Å². The second-order valence-corrected chi connectivity index (χ2v) is 8.32. The first kappa shape index (κ1) is 16.2. The first-order valence-corrected chi connectivity index (χ1v) is 8.45. The number of sulfonamides is 1. The van der Waals surface area contributed by atoms with Gasteiger partial charge in [0, 0.05) is 19.1 Å². The molecule has 114 valence electrons. The van der Waals surface area contributed by atoms with Crippen LogP contribution in [0.3, 0.4) is 0 Å². The molecule has 21 heavy (non-hydrogen) atoms. The highest BCUT2D eigenvalue weighted by molar-refractivity contribution is 7.89. The molecule has 0 aromatic heterocycles. The van der Waals surface area contributed by atoms with Crippen LogP contribution in [0.5, 0.6) is 0 Å². The van der Waals surface area contributed by atoms with E-state index in [-0.39, 0.29) is 26.9 Å². The van der Waals surface area contributed by atoms with Crippen molar-refractivity contribution in [1.82, 2.24) is 4.31 Å². The van der Waals surface area contributed by atoms with Crippen LogP contribution in [0, 0.1) is 16.7 Å². The Bertz CT molecular complexity index is 695. The predicted molar refractivity (Wildman–Crippen MR) is 81.3 cm³/mol. The maximum atomic E-state index is 12.7. The Labute approximate surface area is 130 Å². The molecule has 0 aliphatic carbocycles. The zero-order valence-electron chi connectivity index (χ0n) is 12.0. The molecular formula is C14H18ClN3O2S. The molecule has 1 heterocycles. The molecule has 1 aliphatic rings. The van der Waals surface area contributed by atoms with E-state index in [2.05, 4.69) is 0 Å². The van der Waals surface area contributed by atoms with Gasteiger partial charge in [-0.05, 0) is 30.0 Å². The third-order valence-corrected chi connectivity index (χ3v) is 6.14. The molecule has 2 N–H and O–H groups in total. The van der Waals surface area contributed by atoms with Crippen molar-refractivity contribution in [3.63, 3.8) is 0 Å². The van der Waals surface area contributed by atoms with Gasteiger partial charge in [-0.3, -0.25) is 0 Å². The molecule has 0 radical (unpaired) electrons. The van der Waals surface area contributed by atoms with Crippen molar-refractivity contribution in [1.29, 1.82) is 5.26 Å². The van der Waals surface area contributed by atoms with E-state index < -0.39 is 10.0 Å². The fraction of sp³-hybridized carbons (Fsp3) is 0.500. The highest BCUT2D eigenvalue weighted by Gasteiger charge is 2.38. The smallest absolute Gasteiger partial charge is 0.243 e. The number of hydrogen-bond donors (Lipinski definition) is 1. The molecular weight excluding hydrogens is 310 g/mol. The van der Waals surface area contributed by atoms with Gasteiger partial charge in [-0.25, -0.2) is 8.42 Å². The first-order valence-electron chi connectivity index (χ1n) is 6.64. The second-order valence-electron chi connectivity index (χ2n) is 5.98. The maximum absolute atomic E-state index is 12.7. The van der Waals surface area contributed by atoms with Crippen LogP contribution < -0.4 is 5.73 Å². The molecule has 2 rings (SSSR count). The Morgan fingerprint density at radius 1 is 1.48 bits per heavy atom. The van der Waals surface area contributed by atoms with E-state index in [1.54, 1.807) is 0 Å². The SMILES string of the molecule is CC1(C)CN(S(=O)(=O)c2ccc(Cl)c(C#N)c2)CCC1N. The first-order chi connectivity index (χ1) is 9.68. The van der Waals surface area contributed by atoms with Gasteiger partial charge in [0.15, 0.2) is 0 Å². The summed E-state index contributed by atoms with van der Waals surface area (Å²) >= 11 is 5.85. The number of nitriles is 1. The number of hydrogen-bond acceptors (Lipinski definition) is 4. The van der Waals surface area contributed by atoms with Gasteiger partial charge in [0.2, 0.25) is 10.0 Å². The Kier molecular flexibility index (Phi) is 4.31. The highest BCUT2D eigenvalue weighted by atomic mass is 35.5. The molecule has 1 aliphatic heterocycles. The minimum atomic E-state index is -3.64. The molecule has 0 bridgehead atoms. The summed E-state index contributed by atoms with van der Waals surface area (Å²) < 4.78 is 26.8. The van der Waals surface area contributed by atoms with E-state index in [0.29, 0.717) is 19.5 Å². The lowest BCUT2D eigenvalue weighted by Gasteiger charge is -2.41. The van der Waals surface area contributed by atoms with E-state index in [1.165, 1.54) is 22.5 Å². The fourth-order valence-electron chi connectivity index (χ4n) is 2.43. The van der Waals surface area contributed by atoms with Gasteiger partial charge >= 0.3 is 0 Å². The molecule has 1 fully saturated rings. The van der Waals surface area contributed by atoms with E-state index in [9.17, 15) is 8.42 Å². The van der Waals surface area contributed by atoms with Crippen molar-refractivity contribution in [2.24, 2.45) is 11.1 Å². The van der Waals surface area contributed by atoms with Gasteiger partial charge in [-0.2, -0.15) is 9.57 Å². The van der Waals surface area contributed by atoms with Crippen molar-refractivity contribution in [3.8, 4) is 6.07 Å². The monoisotopic (exact) mass is 327 g/mol. The molecule has 1 aromatic rings. The molecule has 5 nitrogen and oxygen atoms in total. The lowest BCUT2D eigenvalue weighted by atomic mass is 9.81. The summed E-state index contributed by atoms with van der Waals surface area (Å²) in [6.45, 7) is 4.67. The molecule has 7 heteroatoms. The average molecular weight is 328 g/mol. The van der Waals surface area contributed by atoms with Crippen LogP contribution in [0.2, 0.25) is 5.02 Å². The van der Waals surface area contributed by atoms with Crippen molar-refractivity contribution in [2.45, 2.75) is 31.2 Å². The topological polar surface area (TPSA) is 87.2 Å². The third kappa shape index (κ3) is 3.06. The summed E-state index contributed by atoms with van der Waals surface area (Å²) in [4.78, 5) is 0.0923. The Hall–Kier alpha value is -1.13. The highest BCUT2D eigenvalue weighted by Crippen LogP contribution is 2.32. The van der Waals surface area contributed by atoms with Crippen LogP contribution in [0.25, 0.3) is 0 Å². The largest absolute Gasteiger partial charge is 0.327 e.